The van der Waals surface area contributed by atoms with Crippen LogP contribution in [0.5, 0.6) is 0 Å². The van der Waals surface area contributed by atoms with Crippen molar-refractivity contribution >= 4 is 0 Å². The maximum absolute atomic E-state index is 13.1. The lowest BCUT2D eigenvalue weighted by Crippen LogP contribution is -2.49. The van der Waals surface area contributed by atoms with E-state index in [1.165, 1.54) is 24.3 Å². The van der Waals surface area contributed by atoms with Gasteiger partial charge in [0.2, 0.25) is 0 Å². The first-order chi connectivity index (χ1) is 9.50. The summed E-state index contributed by atoms with van der Waals surface area (Å²) in [7, 11) is 1.71. The third-order valence-corrected chi connectivity index (χ3v) is 3.62. The fraction of sp³-hybridized carbons (Fsp3) is 0.250. The van der Waals surface area contributed by atoms with Crippen LogP contribution in [0.25, 0.3) is 0 Å². The first kappa shape index (κ1) is 14.6. The van der Waals surface area contributed by atoms with Gasteiger partial charge in [-0.25, -0.2) is 8.78 Å². The third kappa shape index (κ3) is 2.44. The highest BCUT2D eigenvalue weighted by Crippen LogP contribution is 2.33. The predicted molar refractivity (Wildman–Crippen MR) is 74.3 cm³/mol. The summed E-state index contributed by atoms with van der Waals surface area (Å²) in [6.45, 7) is 1.64. The molecular formula is C16H17F2NO. The van der Waals surface area contributed by atoms with E-state index in [4.69, 9.17) is 0 Å². The van der Waals surface area contributed by atoms with Crippen molar-refractivity contribution < 1.29 is 13.9 Å². The van der Waals surface area contributed by atoms with Gasteiger partial charge < -0.3 is 10.4 Å². The van der Waals surface area contributed by atoms with E-state index in [2.05, 4.69) is 5.32 Å². The molecule has 2 N–H and O–H groups in total. The molecule has 2 nitrogen and oxygen atoms in total. The molecule has 106 valence electrons. The largest absolute Gasteiger partial charge is 0.391 e. The Labute approximate surface area is 117 Å². The van der Waals surface area contributed by atoms with Crippen molar-refractivity contribution in [3.8, 4) is 0 Å². The molecular weight excluding hydrogens is 260 g/mol. The molecule has 1 unspecified atom stereocenters. The van der Waals surface area contributed by atoms with E-state index in [0.29, 0.717) is 11.1 Å². The van der Waals surface area contributed by atoms with Crippen LogP contribution in [0.15, 0.2) is 48.5 Å². The highest BCUT2D eigenvalue weighted by Gasteiger charge is 2.37. The Morgan fingerprint density at radius 1 is 0.900 bits per heavy atom. The fourth-order valence-electron chi connectivity index (χ4n) is 2.57. The molecule has 0 aliphatic heterocycles. The molecule has 4 heteroatoms. The molecule has 20 heavy (non-hydrogen) atoms. The van der Waals surface area contributed by atoms with Gasteiger partial charge in [0.15, 0.2) is 0 Å². The van der Waals surface area contributed by atoms with Crippen LogP contribution in [0.2, 0.25) is 0 Å². The predicted octanol–water partition coefficient (Wildman–Crippen LogP) is 2.81. The first-order valence-corrected chi connectivity index (χ1v) is 6.39. The minimum absolute atomic E-state index is 0.344. The van der Waals surface area contributed by atoms with Crippen LogP contribution < -0.4 is 5.32 Å². The monoisotopic (exact) mass is 277 g/mol. The molecule has 0 heterocycles. The Morgan fingerprint density at radius 3 is 1.50 bits per heavy atom. The lowest BCUT2D eigenvalue weighted by molar-refractivity contribution is 0.103. The smallest absolute Gasteiger partial charge is 0.123 e. The van der Waals surface area contributed by atoms with Gasteiger partial charge in [-0.05, 0) is 49.4 Å². The van der Waals surface area contributed by atoms with Crippen LogP contribution >= 0.6 is 0 Å². The van der Waals surface area contributed by atoms with E-state index in [-0.39, 0.29) is 11.6 Å². The van der Waals surface area contributed by atoms with E-state index in [1.54, 1.807) is 38.2 Å². The number of benzene rings is 2. The Morgan fingerprint density at radius 2 is 1.25 bits per heavy atom. The summed E-state index contributed by atoms with van der Waals surface area (Å²) >= 11 is 0. The van der Waals surface area contributed by atoms with Crippen molar-refractivity contribution in [2.45, 2.75) is 18.6 Å². The number of rotatable bonds is 4. The second kappa shape index (κ2) is 5.69. The molecule has 0 saturated heterocycles. The van der Waals surface area contributed by atoms with Crippen molar-refractivity contribution in [3.05, 3.63) is 71.3 Å². The van der Waals surface area contributed by atoms with Gasteiger partial charge in [0.1, 0.15) is 11.6 Å². The van der Waals surface area contributed by atoms with Gasteiger partial charge in [-0.3, -0.25) is 0 Å². The van der Waals surface area contributed by atoms with E-state index >= 15 is 0 Å². The van der Waals surface area contributed by atoms with E-state index < -0.39 is 11.6 Å². The summed E-state index contributed by atoms with van der Waals surface area (Å²) in [5, 5.41) is 13.3. The zero-order chi connectivity index (χ0) is 14.8. The van der Waals surface area contributed by atoms with Gasteiger partial charge in [0, 0.05) is 0 Å². The van der Waals surface area contributed by atoms with Gasteiger partial charge in [-0.15, -0.1) is 0 Å². The van der Waals surface area contributed by atoms with Gasteiger partial charge in [-0.1, -0.05) is 24.3 Å². The number of hydrogen-bond acceptors (Lipinski definition) is 2. The van der Waals surface area contributed by atoms with Gasteiger partial charge >= 0.3 is 0 Å². The molecule has 0 bridgehead atoms. The molecule has 0 amide bonds. The summed E-state index contributed by atoms with van der Waals surface area (Å²) in [5.74, 6) is -0.688. The van der Waals surface area contributed by atoms with Crippen LogP contribution in [-0.4, -0.2) is 18.3 Å². The highest BCUT2D eigenvalue weighted by atomic mass is 19.1. The summed E-state index contributed by atoms with van der Waals surface area (Å²) in [6.07, 6.45) is -0.788. The second-order valence-electron chi connectivity index (χ2n) is 4.75. The fourth-order valence-corrected chi connectivity index (χ4v) is 2.57. The molecule has 0 aromatic heterocycles. The molecule has 2 aromatic carbocycles. The molecule has 0 radical (unpaired) electrons. The quantitative estimate of drug-likeness (QED) is 0.900. The second-order valence-corrected chi connectivity index (χ2v) is 4.75. The lowest BCUT2D eigenvalue weighted by Gasteiger charge is -2.37. The summed E-state index contributed by atoms with van der Waals surface area (Å²) < 4.78 is 26.2. The highest BCUT2D eigenvalue weighted by molar-refractivity contribution is 5.40. The Kier molecular flexibility index (Phi) is 4.16. The third-order valence-electron chi connectivity index (χ3n) is 3.62. The molecule has 2 aromatic rings. The van der Waals surface area contributed by atoms with Crippen molar-refractivity contribution in [2.24, 2.45) is 0 Å². The molecule has 2 rings (SSSR count). The molecule has 0 aliphatic carbocycles. The molecule has 0 aliphatic rings. The maximum atomic E-state index is 13.1. The van der Waals surface area contributed by atoms with Crippen LogP contribution in [-0.2, 0) is 5.54 Å². The number of hydrogen-bond donors (Lipinski definition) is 2. The Hall–Kier alpha value is -1.78. The van der Waals surface area contributed by atoms with Crippen molar-refractivity contribution in [1.82, 2.24) is 5.32 Å². The van der Waals surface area contributed by atoms with Gasteiger partial charge in [-0.2, -0.15) is 0 Å². The molecule has 0 spiro atoms. The van der Waals surface area contributed by atoms with Crippen LogP contribution in [0, 0.1) is 11.6 Å². The average molecular weight is 277 g/mol. The lowest BCUT2D eigenvalue weighted by atomic mass is 9.79. The standard InChI is InChI=1S/C16H17F2NO/c1-11(20)16(19-2,12-3-7-14(17)8-4-12)13-5-9-15(18)10-6-13/h3-11,19-20H,1-2H3. The Balaban J connectivity index is 2.61. The average Bonchev–Trinajstić information content (AvgIpc) is 2.43. The summed E-state index contributed by atoms with van der Waals surface area (Å²) in [5.41, 5.74) is 0.507. The number of aliphatic hydroxyl groups excluding tert-OH is 1. The Bertz CT molecular complexity index is 519. The minimum atomic E-state index is -0.915. The van der Waals surface area contributed by atoms with Crippen LogP contribution in [0.4, 0.5) is 8.78 Å². The number of likely N-dealkylation sites (N-methyl/N-ethyl adjacent to an activating group) is 1. The van der Waals surface area contributed by atoms with Crippen molar-refractivity contribution in [2.75, 3.05) is 7.05 Å². The topological polar surface area (TPSA) is 32.3 Å². The zero-order valence-corrected chi connectivity index (χ0v) is 11.4. The first-order valence-electron chi connectivity index (χ1n) is 6.39. The van der Waals surface area contributed by atoms with Gasteiger partial charge in [0.25, 0.3) is 0 Å². The summed E-state index contributed by atoms with van der Waals surface area (Å²) in [6, 6.07) is 11.8. The maximum Gasteiger partial charge on any atom is 0.123 e. The molecule has 0 fully saturated rings. The SMILES string of the molecule is CNC(c1ccc(F)cc1)(c1ccc(F)cc1)C(C)O. The van der Waals surface area contributed by atoms with Crippen molar-refractivity contribution in [1.29, 1.82) is 0 Å². The number of aliphatic hydroxyl groups is 1. The number of halogens is 2. The van der Waals surface area contributed by atoms with Gasteiger partial charge in [0.05, 0.1) is 11.6 Å². The number of nitrogens with one attached hydrogen (secondary N) is 1. The summed E-state index contributed by atoms with van der Waals surface area (Å²) in [4.78, 5) is 0. The zero-order valence-electron chi connectivity index (χ0n) is 11.4. The normalized spacial score (nSPS) is 13.2. The molecule has 0 saturated carbocycles. The van der Waals surface area contributed by atoms with E-state index in [9.17, 15) is 13.9 Å². The van der Waals surface area contributed by atoms with Crippen LogP contribution in [0.1, 0.15) is 18.1 Å². The van der Waals surface area contributed by atoms with Crippen molar-refractivity contribution in [3.63, 3.8) is 0 Å². The van der Waals surface area contributed by atoms with Crippen LogP contribution in [0.3, 0.4) is 0 Å². The molecule has 1 atom stereocenters. The van der Waals surface area contributed by atoms with E-state index in [0.717, 1.165) is 0 Å². The minimum Gasteiger partial charge on any atom is -0.391 e. The van der Waals surface area contributed by atoms with E-state index in [1.807, 2.05) is 0 Å².